The van der Waals surface area contributed by atoms with E-state index in [0.29, 0.717) is 40.6 Å². The van der Waals surface area contributed by atoms with Crippen LogP contribution in [0.15, 0.2) is 16.6 Å². The lowest BCUT2D eigenvalue weighted by Crippen LogP contribution is -2.41. The van der Waals surface area contributed by atoms with Crippen molar-refractivity contribution in [1.82, 2.24) is 25.5 Å². The van der Waals surface area contributed by atoms with E-state index in [2.05, 4.69) is 25.9 Å². The van der Waals surface area contributed by atoms with Gasteiger partial charge in [-0.05, 0) is 13.0 Å². The Morgan fingerprint density at radius 3 is 2.60 bits per heavy atom. The zero-order chi connectivity index (χ0) is 18.4. The van der Waals surface area contributed by atoms with Gasteiger partial charge >= 0.3 is 0 Å². The Morgan fingerprint density at radius 1 is 1.32 bits per heavy atom. The molecule has 3 N–H and O–H groups in total. The molecule has 2 aromatic heterocycles. The maximum atomic E-state index is 12.0. The fourth-order valence-corrected chi connectivity index (χ4v) is 3.25. The van der Waals surface area contributed by atoms with Gasteiger partial charge in [-0.2, -0.15) is 0 Å². The fourth-order valence-electron chi connectivity index (χ4n) is 2.11. The summed E-state index contributed by atoms with van der Waals surface area (Å²) in [6, 6.07) is 1.81. The third-order valence-electron chi connectivity index (χ3n) is 3.53. The lowest BCUT2D eigenvalue weighted by molar-refractivity contribution is 0.0957. The van der Waals surface area contributed by atoms with Crippen molar-refractivity contribution in [2.45, 2.75) is 13.5 Å². The molecule has 0 spiro atoms. The minimum absolute atomic E-state index is 0.113. The minimum Gasteiger partial charge on any atom is -0.355 e. The molecule has 0 aliphatic heterocycles. The number of nitrogens with one attached hydrogen (secondary N) is 3. The van der Waals surface area contributed by atoms with Crippen molar-refractivity contribution in [2.75, 3.05) is 20.1 Å². The van der Waals surface area contributed by atoms with Crippen molar-refractivity contribution < 1.29 is 4.79 Å². The van der Waals surface area contributed by atoms with Gasteiger partial charge in [-0.15, -0.1) is 11.3 Å². The molecular weight excluding hydrogens is 383 g/mol. The van der Waals surface area contributed by atoms with Crippen LogP contribution in [-0.4, -0.2) is 41.6 Å². The van der Waals surface area contributed by atoms with E-state index in [4.69, 9.17) is 23.2 Å². The van der Waals surface area contributed by atoms with E-state index in [0.717, 1.165) is 11.4 Å². The summed E-state index contributed by atoms with van der Waals surface area (Å²) in [5, 5.41) is 10.2. The first-order valence-corrected chi connectivity index (χ1v) is 9.20. The number of hydrogen-bond donors (Lipinski definition) is 3. The van der Waals surface area contributed by atoms with Gasteiger partial charge in [0, 0.05) is 32.9 Å². The number of carbonyl (C=O) groups excluding carboxylic acids is 1. The molecule has 0 saturated carbocycles. The molecular formula is C15H20Cl2N6OS. The average Bonchev–Trinajstić information content (AvgIpc) is 3.13. The molecule has 10 heteroatoms. The number of nitrogens with zero attached hydrogens (tertiary/aromatic N) is 3. The molecule has 0 bridgehead atoms. The smallest absolute Gasteiger partial charge is 0.263 e. The first-order chi connectivity index (χ1) is 11.9. The summed E-state index contributed by atoms with van der Waals surface area (Å²) >= 11 is 13.4. The Balaban J connectivity index is 1.74. The van der Waals surface area contributed by atoms with Gasteiger partial charge in [-0.25, -0.2) is 4.98 Å². The predicted molar refractivity (Wildman–Crippen MR) is 103 cm³/mol. The Hall–Kier alpha value is -1.77. The Kier molecular flexibility index (Phi) is 7.10. The molecule has 2 rings (SSSR count). The topological polar surface area (TPSA) is 83.3 Å². The highest BCUT2D eigenvalue weighted by Crippen LogP contribution is 2.24. The van der Waals surface area contributed by atoms with Crippen molar-refractivity contribution in [3.8, 4) is 0 Å². The van der Waals surface area contributed by atoms with Gasteiger partial charge in [0.25, 0.3) is 5.91 Å². The lowest BCUT2D eigenvalue weighted by Gasteiger charge is -2.12. The molecule has 0 fully saturated rings. The number of halogens is 2. The van der Waals surface area contributed by atoms with E-state index in [1.165, 1.54) is 11.3 Å². The summed E-state index contributed by atoms with van der Waals surface area (Å²) in [6.45, 7) is 3.35. The molecule has 0 aromatic carbocycles. The van der Waals surface area contributed by atoms with Crippen LogP contribution in [0.3, 0.4) is 0 Å². The van der Waals surface area contributed by atoms with Crippen molar-refractivity contribution in [3.63, 3.8) is 0 Å². The van der Waals surface area contributed by atoms with Crippen molar-refractivity contribution >= 4 is 46.4 Å². The van der Waals surface area contributed by atoms with Crippen LogP contribution >= 0.6 is 34.5 Å². The molecule has 25 heavy (non-hydrogen) atoms. The van der Waals surface area contributed by atoms with Crippen LogP contribution in [-0.2, 0) is 13.6 Å². The summed E-state index contributed by atoms with van der Waals surface area (Å²) in [7, 11) is 3.53. The van der Waals surface area contributed by atoms with E-state index in [1.807, 2.05) is 24.6 Å². The quantitative estimate of drug-likeness (QED) is 0.392. The first-order valence-electron chi connectivity index (χ1n) is 7.56. The summed E-state index contributed by atoms with van der Waals surface area (Å²) in [6.07, 6.45) is 0. The van der Waals surface area contributed by atoms with Crippen LogP contribution in [0.25, 0.3) is 0 Å². The van der Waals surface area contributed by atoms with Gasteiger partial charge in [-0.1, -0.05) is 23.2 Å². The van der Waals surface area contributed by atoms with E-state index in [1.54, 1.807) is 12.6 Å². The minimum atomic E-state index is -0.113. The van der Waals surface area contributed by atoms with Crippen LogP contribution in [0, 0.1) is 6.92 Å². The van der Waals surface area contributed by atoms with Crippen LogP contribution in [0.1, 0.15) is 21.1 Å². The summed E-state index contributed by atoms with van der Waals surface area (Å²) in [4.78, 5) is 20.8. The molecule has 0 saturated heterocycles. The number of carbonyl (C=O) groups is 1. The standard InChI is InChI=1S/C15H20Cl2N6OS/c1-9-12(25-8-22-9)14(24)19-4-5-20-15(18-2)21-7-10-6-11(16)13(17)23(10)3/h6,8H,4-5,7H2,1-3H3,(H,19,24)(H2,18,20,21). The number of aryl methyl sites for hydroxylation is 1. The number of aromatic nitrogens is 2. The predicted octanol–water partition coefficient (Wildman–Crippen LogP) is 2.19. The normalized spacial score (nSPS) is 11.5. The monoisotopic (exact) mass is 402 g/mol. The van der Waals surface area contributed by atoms with E-state index < -0.39 is 0 Å². The molecule has 2 heterocycles. The number of thiazole rings is 1. The van der Waals surface area contributed by atoms with Gasteiger partial charge in [0.1, 0.15) is 10.0 Å². The molecule has 0 atom stereocenters. The molecule has 1 amide bonds. The lowest BCUT2D eigenvalue weighted by atomic mass is 10.4. The Morgan fingerprint density at radius 2 is 2.04 bits per heavy atom. The van der Waals surface area contributed by atoms with Crippen LogP contribution < -0.4 is 16.0 Å². The molecule has 136 valence electrons. The van der Waals surface area contributed by atoms with E-state index in [-0.39, 0.29) is 5.91 Å². The summed E-state index contributed by atoms with van der Waals surface area (Å²) < 4.78 is 1.81. The second-order valence-electron chi connectivity index (χ2n) is 5.21. The van der Waals surface area contributed by atoms with Crippen LogP contribution in [0.4, 0.5) is 0 Å². The average molecular weight is 403 g/mol. The highest BCUT2D eigenvalue weighted by atomic mass is 35.5. The largest absolute Gasteiger partial charge is 0.355 e. The second-order valence-corrected chi connectivity index (χ2v) is 6.83. The van der Waals surface area contributed by atoms with Crippen molar-refractivity contribution in [1.29, 1.82) is 0 Å². The highest BCUT2D eigenvalue weighted by molar-refractivity contribution is 7.11. The third kappa shape index (κ3) is 5.10. The Labute approximate surface area is 160 Å². The van der Waals surface area contributed by atoms with E-state index >= 15 is 0 Å². The van der Waals surface area contributed by atoms with Gasteiger partial charge < -0.3 is 20.5 Å². The highest BCUT2D eigenvalue weighted by Gasteiger charge is 2.11. The number of hydrogen-bond acceptors (Lipinski definition) is 4. The van der Waals surface area contributed by atoms with Crippen molar-refractivity contribution in [2.24, 2.45) is 12.0 Å². The maximum absolute atomic E-state index is 12.0. The molecule has 0 radical (unpaired) electrons. The second kappa shape index (κ2) is 9.07. The van der Waals surface area contributed by atoms with Crippen LogP contribution in [0.5, 0.6) is 0 Å². The zero-order valence-corrected chi connectivity index (χ0v) is 16.5. The third-order valence-corrected chi connectivity index (χ3v) is 5.30. The SMILES string of the molecule is CN=C(NCCNC(=O)c1scnc1C)NCc1cc(Cl)c(Cl)n1C. The van der Waals surface area contributed by atoms with Crippen LogP contribution in [0.2, 0.25) is 10.2 Å². The fraction of sp³-hybridized carbons (Fsp3) is 0.400. The molecule has 0 unspecified atom stereocenters. The van der Waals surface area contributed by atoms with Gasteiger partial charge in [-0.3, -0.25) is 9.79 Å². The van der Waals surface area contributed by atoms with Gasteiger partial charge in [0.05, 0.1) is 22.8 Å². The van der Waals surface area contributed by atoms with Gasteiger partial charge in [0.2, 0.25) is 0 Å². The number of guanidine groups is 1. The maximum Gasteiger partial charge on any atom is 0.263 e. The van der Waals surface area contributed by atoms with E-state index in [9.17, 15) is 4.79 Å². The Bertz CT molecular complexity index is 770. The number of rotatable bonds is 6. The molecule has 0 aliphatic rings. The first kappa shape index (κ1) is 19.6. The molecule has 7 nitrogen and oxygen atoms in total. The zero-order valence-electron chi connectivity index (χ0n) is 14.2. The molecule has 0 aliphatic carbocycles. The number of amides is 1. The number of aliphatic imine (C=N–C) groups is 1. The summed E-state index contributed by atoms with van der Waals surface area (Å²) in [5.41, 5.74) is 3.34. The van der Waals surface area contributed by atoms with Crippen molar-refractivity contribution in [3.05, 3.63) is 38.0 Å². The summed E-state index contributed by atoms with van der Waals surface area (Å²) in [5.74, 6) is 0.509. The van der Waals surface area contributed by atoms with Gasteiger partial charge in [0.15, 0.2) is 5.96 Å². The molecule has 2 aromatic rings.